The fourth-order valence-electron chi connectivity index (χ4n) is 1.04. The van der Waals surface area contributed by atoms with Crippen molar-refractivity contribution in [2.45, 2.75) is 0 Å². The van der Waals surface area contributed by atoms with Crippen LogP contribution in [0.4, 0.5) is 0 Å². The molecule has 0 bridgehead atoms. The molecule has 0 aromatic rings. The average molecular weight is 239 g/mol. The monoisotopic (exact) mass is 239 g/mol. The fraction of sp³-hybridized carbons (Fsp3) is 0.833. The lowest BCUT2D eigenvalue weighted by atomic mass is 10.5. The smallest absolute Gasteiger partial charge is 0.279 e. The van der Waals surface area contributed by atoms with Crippen LogP contribution in [0.2, 0.25) is 0 Å². The summed E-state index contributed by atoms with van der Waals surface area (Å²) in [4.78, 5) is 0.127. The summed E-state index contributed by atoms with van der Waals surface area (Å²) in [5.41, 5.74) is 5.19. The van der Waals surface area contributed by atoms with Gasteiger partial charge in [0.05, 0.1) is 24.7 Å². The predicted octanol–water partition coefficient (Wildman–Crippen LogP) is -1.56. The number of morpholine rings is 1. The third-order valence-electron chi connectivity index (χ3n) is 1.74. The second-order valence-electron chi connectivity index (χ2n) is 2.80. The van der Waals surface area contributed by atoms with E-state index < -0.39 is 10.2 Å². The first kappa shape index (κ1) is 11.8. The lowest BCUT2D eigenvalue weighted by Gasteiger charge is -2.25. The lowest BCUT2D eigenvalue weighted by molar-refractivity contribution is 0.0726. The second kappa shape index (κ2) is 4.99. The van der Waals surface area contributed by atoms with Gasteiger partial charge in [0.2, 0.25) is 0 Å². The Balaban J connectivity index is 2.50. The second-order valence-corrected chi connectivity index (χ2v) is 5.08. The average Bonchev–Trinajstić information content (AvgIpc) is 2.16. The molecule has 1 saturated heterocycles. The SMILES string of the molecule is NC(=S)CNS(=O)(=O)N1CCOCC1. The largest absolute Gasteiger partial charge is 0.392 e. The Kier molecular flexibility index (Phi) is 4.20. The Morgan fingerprint density at radius 1 is 1.50 bits per heavy atom. The van der Waals surface area contributed by atoms with Crippen molar-refractivity contribution < 1.29 is 13.2 Å². The number of thiocarbonyl (C=S) groups is 1. The van der Waals surface area contributed by atoms with Gasteiger partial charge in [-0.05, 0) is 0 Å². The summed E-state index contributed by atoms with van der Waals surface area (Å²) >= 11 is 4.57. The molecule has 1 rings (SSSR count). The number of ether oxygens (including phenoxy) is 1. The quantitative estimate of drug-likeness (QED) is 0.580. The summed E-state index contributed by atoms with van der Waals surface area (Å²) < 4.78 is 31.7. The highest BCUT2D eigenvalue weighted by Gasteiger charge is 2.23. The Morgan fingerprint density at radius 2 is 2.07 bits per heavy atom. The molecular weight excluding hydrogens is 226 g/mol. The molecule has 82 valence electrons. The molecule has 1 heterocycles. The van der Waals surface area contributed by atoms with Crippen LogP contribution < -0.4 is 10.5 Å². The zero-order chi connectivity index (χ0) is 10.6. The van der Waals surface area contributed by atoms with Crippen molar-refractivity contribution in [1.29, 1.82) is 0 Å². The van der Waals surface area contributed by atoms with Gasteiger partial charge in [0.15, 0.2) is 0 Å². The Labute approximate surface area is 88.6 Å². The van der Waals surface area contributed by atoms with Gasteiger partial charge in [0.1, 0.15) is 0 Å². The van der Waals surface area contributed by atoms with Crippen molar-refractivity contribution in [3.8, 4) is 0 Å². The van der Waals surface area contributed by atoms with E-state index in [-0.39, 0.29) is 11.5 Å². The van der Waals surface area contributed by atoms with Crippen molar-refractivity contribution in [2.75, 3.05) is 32.8 Å². The molecule has 0 saturated carbocycles. The maximum Gasteiger partial charge on any atom is 0.279 e. The third-order valence-corrected chi connectivity index (χ3v) is 3.44. The summed E-state index contributed by atoms with van der Waals surface area (Å²) in [5.74, 6) is 0. The molecule has 1 fully saturated rings. The van der Waals surface area contributed by atoms with Gasteiger partial charge in [0, 0.05) is 13.1 Å². The molecule has 14 heavy (non-hydrogen) atoms. The van der Waals surface area contributed by atoms with Crippen LogP contribution in [0.5, 0.6) is 0 Å². The van der Waals surface area contributed by atoms with E-state index in [4.69, 9.17) is 10.5 Å². The number of rotatable bonds is 4. The first-order valence-electron chi connectivity index (χ1n) is 4.13. The van der Waals surface area contributed by atoms with Crippen LogP contribution in [-0.4, -0.2) is 50.6 Å². The van der Waals surface area contributed by atoms with Crippen LogP contribution in [-0.2, 0) is 14.9 Å². The Bertz CT molecular complexity index is 297. The normalized spacial score (nSPS) is 19.4. The summed E-state index contributed by atoms with van der Waals surface area (Å²) in [6.45, 7) is 1.58. The predicted molar refractivity (Wildman–Crippen MR) is 56.1 cm³/mol. The molecule has 0 aromatic carbocycles. The summed E-state index contributed by atoms with van der Waals surface area (Å²) in [6, 6.07) is 0. The third kappa shape index (κ3) is 3.46. The van der Waals surface area contributed by atoms with Crippen LogP contribution in [0.15, 0.2) is 0 Å². The number of hydrogen-bond acceptors (Lipinski definition) is 4. The van der Waals surface area contributed by atoms with E-state index in [1.165, 1.54) is 4.31 Å². The van der Waals surface area contributed by atoms with Crippen molar-refractivity contribution >= 4 is 27.4 Å². The van der Waals surface area contributed by atoms with Crippen LogP contribution in [0.1, 0.15) is 0 Å². The van der Waals surface area contributed by atoms with Gasteiger partial charge in [-0.1, -0.05) is 12.2 Å². The molecule has 0 spiro atoms. The van der Waals surface area contributed by atoms with E-state index in [9.17, 15) is 8.42 Å². The van der Waals surface area contributed by atoms with Crippen molar-refractivity contribution in [2.24, 2.45) is 5.73 Å². The van der Waals surface area contributed by atoms with E-state index in [1.54, 1.807) is 0 Å². The van der Waals surface area contributed by atoms with Gasteiger partial charge in [-0.3, -0.25) is 0 Å². The minimum absolute atomic E-state index is 0.00494. The zero-order valence-corrected chi connectivity index (χ0v) is 9.23. The molecular formula is C6H13N3O3S2. The first-order chi connectivity index (χ1) is 6.52. The molecule has 0 amide bonds. The van der Waals surface area contributed by atoms with Crippen LogP contribution in [0.3, 0.4) is 0 Å². The molecule has 3 N–H and O–H groups in total. The highest BCUT2D eigenvalue weighted by molar-refractivity contribution is 7.87. The number of nitrogens with one attached hydrogen (secondary N) is 1. The van der Waals surface area contributed by atoms with Crippen molar-refractivity contribution in [3.63, 3.8) is 0 Å². The van der Waals surface area contributed by atoms with Gasteiger partial charge in [-0.15, -0.1) is 0 Å². The van der Waals surface area contributed by atoms with E-state index in [2.05, 4.69) is 16.9 Å². The van der Waals surface area contributed by atoms with E-state index in [0.29, 0.717) is 26.3 Å². The lowest BCUT2D eigenvalue weighted by Crippen LogP contribution is -2.48. The Hall–Kier alpha value is -0.280. The summed E-state index contributed by atoms with van der Waals surface area (Å²) in [7, 11) is -3.44. The topological polar surface area (TPSA) is 84.7 Å². The Morgan fingerprint density at radius 3 is 2.57 bits per heavy atom. The zero-order valence-electron chi connectivity index (χ0n) is 7.60. The number of hydrogen-bond donors (Lipinski definition) is 2. The molecule has 0 radical (unpaired) electrons. The standard InChI is InChI=1S/C6H13N3O3S2/c7-6(13)5-8-14(10,11)9-1-3-12-4-2-9/h8H,1-5H2,(H2,7,13). The minimum atomic E-state index is -3.44. The molecule has 0 unspecified atom stereocenters. The van der Waals surface area contributed by atoms with Gasteiger partial charge < -0.3 is 10.5 Å². The number of nitrogens with two attached hydrogens (primary N) is 1. The fourth-order valence-corrected chi connectivity index (χ4v) is 2.35. The van der Waals surface area contributed by atoms with Crippen molar-refractivity contribution in [3.05, 3.63) is 0 Å². The van der Waals surface area contributed by atoms with Gasteiger partial charge in [0.25, 0.3) is 10.2 Å². The van der Waals surface area contributed by atoms with Gasteiger partial charge in [-0.2, -0.15) is 17.4 Å². The van der Waals surface area contributed by atoms with Crippen LogP contribution >= 0.6 is 12.2 Å². The highest BCUT2D eigenvalue weighted by atomic mass is 32.2. The molecule has 0 atom stereocenters. The van der Waals surface area contributed by atoms with E-state index in [0.717, 1.165) is 0 Å². The molecule has 1 aliphatic heterocycles. The summed E-state index contributed by atoms with van der Waals surface area (Å²) in [5, 5.41) is 0. The van der Waals surface area contributed by atoms with Crippen LogP contribution in [0, 0.1) is 0 Å². The molecule has 8 heteroatoms. The van der Waals surface area contributed by atoms with E-state index in [1.807, 2.05) is 0 Å². The summed E-state index contributed by atoms with van der Waals surface area (Å²) in [6.07, 6.45) is 0. The number of nitrogens with zero attached hydrogens (tertiary/aromatic N) is 1. The van der Waals surface area contributed by atoms with Crippen molar-refractivity contribution in [1.82, 2.24) is 9.03 Å². The van der Waals surface area contributed by atoms with Gasteiger partial charge >= 0.3 is 0 Å². The maximum absolute atomic E-state index is 11.5. The van der Waals surface area contributed by atoms with Crippen LogP contribution in [0.25, 0.3) is 0 Å². The molecule has 1 aliphatic rings. The molecule has 0 aliphatic carbocycles. The highest BCUT2D eigenvalue weighted by Crippen LogP contribution is 2.01. The maximum atomic E-state index is 11.5. The molecule has 6 nitrogen and oxygen atoms in total. The van der Waals surface area contributed by atoms with Gasteiger partial charge in [-0.25, -0.2) is 0 Å². The first-order valence-corrected chi connectivity index (χ1v) is 5.98. The van der Waals surface area contributed by atoms with E-state index >= 15 is 0 Å². The molecule has 0 aromatic heterocycles. The minimum Gasteiger partial charge on any atom is -0.392 e.